The van der Waals surface area contributed by atoms with E-state index in [1.807, 2.05) is 30.0 Å². The molecule has 1 nitrogen and oxygen atoms in total. The first-order valence-electron chi connectivity index (χ1n) is 5.80. The fourth-order valence-corrected chi connectivity index (χ4v) is 3.70. The average molecular weight is 257 g/mol. The van der Waals surface area contributed by atoms with Crippen LogP contribution in [0.3, 0.4) is 0 Å². The normalized spacial score (nSPS) is 25.6. The quantitative estimate of drug-likeness (QED) is 0.886. The third kappa shape index (κ3) is 3.16. The molecule has 0 radical (unpaired) electrons. The zero-order valence-electron chi connectivity index (χ0n) is 9.23. The first-order chi connectivity index (χ1) is 7.77. The molecule has 1 aliphatic carbocycles. The molecule has 2 atom stereocenters. The Balaban J connectivity index is 1.89. The second-order valence-corrected chi connectivity index (χ2v) is 5.93. The van der Waals surface area contributed by atoms with Crippen LogP contribution in [0, 0.1) is 0 Å². The monoisotopic (exact) mass is 256 g/mol. The molecule has 3 heteroatoms. The standard InChI is InChI=1S/C13H17ClOS/c14-11-6-2-1-5-10(11)9-16-13-8-4-3-7-12(13)15/h1-2,5-6,12-13,15H,3-4,7-9H2. The number of hydrogen-bond acceptors (Lipinski definition) is 2. The summed E-state index contributed by atoms with van der Waals surface area (Å²) in [6.45, 7) is 0. The molecule has 1 fully saturated rings. The van der Waals surface area contributed by atoms with Gasteiger partial charge in [0.2, 0.25) is 0 Å². The maximum absolute atomic E-state index is 9.86. The summed E-state index contributed by atoms with van der Waals surface area (Å²) in [5.74, 6) is 0.904. The van der Waals surface area contributed by atoms with Gasteiger partial charge in [0.05, 0.1) is 6.10 Å². The predicted octanol–water partition coefficient (Wildman–Crippen LogP) is 3.88. The van der Waals surface area contributed by atoms with Gasteiger partial charge in [-0.05, 0) is 24.5 Å². The van der Waals surface area contributed by atoms with Crippen LogP contribution in [0.2, 0.25) is 5.02 Å². The molecule has 2 rings (SSSR count). The third-order valence-corrected chi connectivity index (χ3v) is 4.90. The van der Waals surface area contributed by atoms with Gasteiger partial charge in [-0.3, -0.25) is 0 Å². The Bertz CT molecular complexity index is 342. The van der Waals surface area contributed by atoms with Crippen molar-refractivity contribution in [1.29, 1.82) is 0 Å². The van der Waals surface area contributed by atoms with Gasteiger partial charge in [0.15, 0.2) is 0 Å². The Hall–Kier alpha value is -0.180. The lowest BCUT2D eigenvalue weighted by molar-refractivity contribution is 0.137. The molecule has 0 spiro atoms. The Morgan fingerprint density at radius 2 is 2.00 bits per heavy atom. The summed E-state index contributed by atoms with van der Waals surface area (Å²) in [5, 5.41) is 11.1. The number of rotatable bonds is 3. The molecule has 1 aliphatic rings. The van der Waals surface area contributed by atoms with Crippen LogP contribution in [0.25, 0.3) is 0 Å². The van der Waals surface area contributed by atoms with Gasteiger partial charge in [0.1, 0.15) is 0 Å². The summed E-state index contributed by atoms with van der Waals surface area (Å²) in [4.78, 5) is 0. The van der Waals surface area contributed by atoms with E-state index in [1.165, 1.54) is 18.4 Å². The van der Waals surface area contributed by atoms with E-state index in [9.17, 15) is 5.11 Å². The van der Waals surface area contributed by atoms with Crippen molar-refractivity contribution in [2.24, 2.45) is 0 Å². The molecule has 16 heavy (non-hydrogen) atoms. The van der Waals surface area contributed by atoms with Crippen molar-refractivity contribution < 1.29 is 5.11 Å². The van der Waals surface area contributed by atoms with Gasteiger partial charge in [-0.15, -0.1) is 0 Å². The van der Waals surface area contributed by atoms with Gasteiger partial charge in [-0.2, -0.15) is 11.8 Å². The van der Waals surface area contributed by atoms with E-state index in [0.717, 1.165) is 23.6 Å². The fourth-order valence-electron chi connectivity index (χ4n) is 2.08. The molecular formula is C13H17ClOS. The number of aliphatic hydroxyl groups is 1. The van der Waals surface area contributed by atoms with Crippen LogP contribution in [0.5, 0.6) is 0 Å². The molecule has 0 amide bonds. The average Bonchev–Trinajstić information content (AvgIpc) is 2.30. The Kier molecular flexibility index (Phi) is 4.56. The van der Waals surface area contributed by atoms with Crippen molar-refractivity contribution in [2.45, 2.75) is 42.8 Å². The number of halogens is 1. The van der Waals surface area contributed by atoms with Crippen LogP contribution in [0.1, 0.15) is 31.2 Å². The maximum atomic E-state index is 9.86. The van der Waals surface area contributed by atoms with Gasteiger partial charge in [0.25, 0.3) is 0 Å². The van der Waals surface area contributed by atoms with Crippen molar-refractivity contribution in [3.05, 3.63) is 34.9 Å². The van der Waals surface area contributed by atoms with E-state index in [2.05, 4.69) is 6.07 Å². The summed E-state index contributed by atoms with van der Waals surface area (Å²) >= 11 is 7.94. The first-order valence-corrected chi connectivity index (χ1v) is 7.23. The van der Waals surface area contributed by atoms with E-state index in [1.54, 1.807) is 0 Å². The molecule has 2 unspecified atom stereocenters. The topological polar surface area (TPSA) is 20.2 Å². The lowest BCUT2D eigenvalue weighted by atomic mass is 9.97. The number of thioether (sulfide) groups is 1. The van der Waals surface area contributed by atoms with Crippen molar-refractivity contribution in [1.82, 2.24) is 0 Å². The Morgan fingerprint density at radius 3 is 2.75 bits per heavy atom. The van der Waals surface area contributed by atoms with E-state index in [-0.39, 0.29) is 6.10 Å². The first kappa shape index (κ1) is 12.3. The molecule has 0 saturated heterocycles. The van der Waals surface area contributed by atoms with Crippen molar-refractivity contribution in [3.63, 3.8) is 0 Å². The molecular weight excluding hydrogens is 240 g/mol. The van der Waals surface area contributed by atoms with Gasteiger partial charge < -0.3 is 5.11 Å². The lowest BCUT2D eigenvalue weighted by Crippen LogP contribution is -2.26. The van der Waals surface area contributed by atoms with Gasteiger partial charge in [-0.25, -0.2) is 0 Å². The summed E-state index contributed by atoms with van der Waals surface area (Å²) < 4.78 is 0. The highest BCUT2D eigenvalue weighted by molar-refractivity contribution is 7.99. The fraction of sp³-hybridized carbons (Fsp3) is 0.538. The highest BCUT2D eigenvalue weighted by Gasteiger charge is 2.23. The summed E-state index contributed by atoms with van der Waals surface area (Å²) in [6.07, 6.45) is 4.39. The molecule has 0 bridgehead atoms. The van der Waals surface area contributed by atoms with E-state index < -0.39 is 0 Å². The van der Waals surface area contributed by atoms with Crippen LogP contribution in [-0.2, 0) is 5.75 Å². The predicted molar refractivity (Wildman–Crippen MR) is 71.0 cm³/mol. The molecule has 0 heterocycles. The molecule has 88 valence electrons. The van der Waals surface area contributed by atoms with Crippen LogP contribution in [0.15, 0.2) is 24.3 Å². The molecule has 1 aromatic carbocycles. The molecule has 0 aliphatic heterocycles. The van der Waals surface area contributed by atoms with Gasteiger partial charge in [-0.1, -0.05) is 42.6 Å². The largest absolute Gasteiger partial charge is 0.392 e. The molecule has 1 aromatic rings. The van der Waals surface area contributed by atoms with Crippen LogP contribution >= 0.6 is 23.4 Å². The van der Waals surface area contributed by atoms with E-state index in [4.69, 9.17) is 11.6 Å². The van der Waals surface area contributed by atoms with Crippen LogP contribution in [0.4, 0.5) is 0 Å². The highest BCUT2D eigenvalue weighted by atomic mass is 35.5. The maximum Gasteiger partial charge on any atom is 0.0658 e. The Morgan fingerprint density at radius 1 is 1.25 bits per heavy atom. The highest BCUT2D eigenvalue weighted by Crippen LogP contribution is 2.32. The number of aliphatic hydroxyl groups excluding tert-OH is 1. The zero-order chi connectivity index (χ0) is 11.4. The summed E-state index contributed by atoms with van der Waals surface area (Å²) in [5.41, 5.74) is 1.17. The van der Waals surface area contributed by atoms with Crippen molar-refractivity contribution in [3.8, 4) is 0 Å². The Labute approximate surface area is 106 Å². The number of hydrogen-bond donors (Lipinski definition) is 1. The van der Waals surface area contributed by atoms with Crippen LogP contribution in [-0.4, -0.2) is 16.5 Å². The van der Waals surface area contributed by atoms with Gasteiger partial charge in [0, 0.05) is 16.0 Å². The second-order valence-electron chi connectivity index (χ2n) is 4.29. The molecule has 1 saturated carbocycles. The van der Waals surface area contributed by atoms with Crippen molar-refractivity contribution in [2.75, 3.05) is 0 Å². The minimum atomic E-state index is -0.124. The molecule has 1 N–H and O–H groups in total. The summed E-state index contributed by atoms with van der Waals surface area (Å²) in [7, 11) is 0. The van der Waals surface area contributed by atoms with Gasteiger partial charge >= 0.3 is 0 Å². The zero-order valence-corrected chi connectivity index (χ0v) is 10.8. The minimum Gasteiger partial charge on any atom is -0.392 e. The smallest absolute Gasteiger partial charge is 0.0658 e. The lowest BCUT2D eigenvalue weighted by Gasteiger charge is -2.27. The van der Waals surface area contributed by atoms with Crippen LogP contribution < -0.4 is 0 Å². The second kappa shape index (κ2) is 5.95. The third-order valence-electron chi connectivity index (χ3n) is 3.08. The summed E-state index contributed by atoms with van der Waals surface area (Å²) in [6, 6.07) is 7.95. The SMILES string of the molecule is OC1CCCCC1SCc1ccccc1Cl. The number of benzene rings is 1. The minimum absolute atomic E-state index is 0.124. The molecule has 0 aromatic heterocycles. The van der Waals surface area contributed by atoms with E-state index in [0.29, 0.717) is 5.25 Å². The van der Waals surface area contributed by atoms with E-state index >= 15 is 0 Å². The van der Waals surface area contributed by atoms with Crippen molar-refractivity contribution >= 4 is 23.4 Å².